The van der Waals surface area contributed by atoms with E-state index in [0.29, 0.717) is 32.7 Å². The Morgan fingerprint density at radius 3 is 2.55 bits per heavy atom. The fourth-order valence-corrected chi connectivity index (χ4v) is 5.99. The van der Waals surface area contributed by atoms with E-state index in [-0.39, 0.29) is 12.0 Å². The maximum atomic E-state index is 13.1. The highest BCUT2D eigenvalue weighted by atomic mass is 32.2. The van der Waals surface area contributed by atoms with Gasteiger partial charge in [0, 0.05) is 19.1 Å². The second-order valence-electron chi connectivity index (χ2n) is 6.24. The second-order valence-corrected chi connectivity index (χ2v) is 8.07. The molecule has 3 aliphatic rings. The maximum Gasteiger partial charge on any atom is 0.324 e. The Balaban J connectivity index is 1.90. The van der Waals surface area contributed by atoms with Gasteiger partial charge in [-0.15, -0.1) is 0 Å². The number of esters is 1. The first kappa shape index (κ1) is 16.2. The van der Waals surface area contributed by atoms with E-state index in [1.54, 1.807) is 0 Å². The maximum absolute atomic E-state index is 13.1. The summed E-state index contributed by atoms with van der Waals surface area (Å²) in [6, 6.07) is -0.739. The number of methoxy groups -OCH3 is 1. The molecule has 2 heterocycles. The topological polar surface area (TPSA) is 76.2 Å². The van der Waals surface area contributed by atoms with E-state index < -0.39 is 22.2 Å². The van der Waals surface area contributed by atoms with Crippen molar-refractivity contribution in [3.8, 4) is 0 Å². The van der Waals surface area contributed by atoms with Crippen molar-refractivity contribution in [1.82, 2.24) is 8.61 Å². The lowest BCUT2D eigenvalue weighted by Gasteiger charge is -2.37. The Morgan fingerprint density at radius 2 is 1.86 bits per heavy atom. The molecule has 1 aliphatic carbocycles. The first-order chi connectivity index (χ1) is 10.6. The molecule has 0 radical (unpaired) electrons. The lowest BCUT2D eigenvalue weighted by atomic mass is 9.85. The third-order valence-corrected chi connectivity index (χ3v) is 7.14. The molecule has 0 N–H and O–H groups in total. The quantitative estimate of drug-likeness (QED) is 0.698. The molecule has 3 fully saturated rings. The molecule has 0 aromatic rings. The van der Waals surface area contributed by atoms with Crippen molar-refractivity contribution in [2.75, 3.05) is 33.4 Å². The zero-order valence-corrected chi connectivity index (χ0v) is 13.8. The van der Waals surface area contributed by atoms with Crippen LogP contribution in [0.5, 0.6) is 0 Å². The summed E-state index contributed by atoms with van der Waals surface area (Å²) in [6.07, 6.45) is 4.54. The zero-order chi connectivity index (χ0) is 15.7. The molecule has 3 rings (SSSR count). The van der Waals surface area contributed by atoms with Crippen molar-refractivity contribution in [2.24, 2.45) is 5.92 Å². The van der Waals surface area contributed by atoms with Crippen molar-refractivity contribution in [3.05, 3.63) is 0 Å². The van der Waals surface area contributed by atoms with E-state index in [2.05, 4.69) is 0 Å². The molecule has 126 valence electrons. The van der Waals surface area contributed by atoms with Crippen LogP contribution in [0.4, 0.5) is 0 Å². The molecule has 0 spiro atoms. The number of carbonyl (C=O) groups excluding carboxylic acids is 1. The molecule has 0 aromatic heterocycles. The normalized spacial score (nSPS) is 34.3. The van der Waals surface area contributed by atoms with Crippen LogP contribution in [0.1, 0.15) is 32.1 Å². The SMILES string of the molecule is COC(=O)[C@@H]1C[C@@H]2CCCC[C@@H]2N1S(=O)(=O)N1CCOCC1. The summed E-state index contributed by atoms with van der Waals surface area (Å²) < 4.78 is 39.1. The van der Waals surface area contributed by atoms with Gasteiger partial charge in [-0.1, -0.05) is 12.8 Å². The highest BCUT2D eigenvalue weighted by molar-refractivity contribution is 7.86. The largest absolute Gasteiger partial charge is 0.468 e. The highest BCUT2D eigenvalue weighted by Gasteiger charge is 2.52. The minimum atomic E-state index is -3.65. The van der Waals surface area contributed by atoms with Gasteiger partial charge in [-0.2, -0.15) is 17.0 Å². The Bertz CT molecular complexity index is 517. The van der Waals surface area contributed by atoms with Gasteiger partial charge in [0.05, 0.1) is 20.3 Å². The molecule has 1 saturated carbocycles. The third kappa shape index (κ3) is 2.77. The van der Waals surface area contributed by atoms with E-state index >= 15 is 0 Å². The molecule has 2 saturated heterocycles. The van der Waals surface area contributed by atoms with Gasteiger partial charge in [-0.25, -0.2) is 0 Å². The van der Waals surface area contributed by atoms with Gasteiger partial charge < -0.3 is 9.47 Å². The van der Waals surface area contributed by atoms with E-state index in [1.165, 1.54) is 15.7 Å². The summed E-state index contributed by atoms with van der Waals surface area (Å²) in [5, 5.41) is 0. The average Bonchev–Trinajstić information content (AvgIpc) is 2.95. The zero-order valence-electron chi connectivity index (χ0n) is 12.9. The standard InChI is InChI=1S/C14H24N2O5S/c1-20-14(17)13-10-11-4-2-3-5-12(11)16(13)22(18,19)15-6-8-21-9-7-15/h11-13H,2-10H2,1H3/t11-,12-,13-/m0/s1. The summed E-state index contributed by atoms with van der Waals surface area (Å²) >= 11 is 0. The first-order valence-electron chi connectivity index (χ1n) is 8.00. The van der Waals surface area contributed by atoms with Crippen molar-refractivity contribution < 1.29 is 22.7 Å². The van der Waals surface area contributed by atoms with Crippen LogP contribution in [0.2, 0.25) is 0 Å². The minimum Gasteiger partial charge on any atom is -0.468 e. The minimum absolute atomic E-state index is 0.0642. The van der Waals surface area contributed by atoms with Crippen molar-refractivity contribution >= 4 is 16.2 Å². The van der Waals surface area contributed by atoms with Gasteiger partial charge in [-0.05, 0) is 25.2 Å². The van der Waals surface area contributed by atoms with E-state index in [9.17, 15) is 13.2 Å². The van der Waals surface area contributed by atoms with Crippen LogP contribution >= 0.6 is 0 Å². The predicted octanol–water partition coefficient (Wildman–Crippen LogP) is 0.370. The molecule has 0 amide bonds. The smallest absolute Gasteiger partial charge is 0.324 e. The van der Waals surface area contributed by atoms with Crippen molar-refractivity contribution in [2.45, 2.75) is 44.2 Å². The monoisotopic (exact) mass is 332 g/mol. The van der Waals surface area contributed by atoms with Crippen molar-refractivity contribution in [3.63, 3.8) is 0 Å². The Hall–Kier alpha value is -0.700. The average molecular weight is 332 g/mol. The molecule has 0 unspecified atom stereocenters. The Morgan fingerprint density at radius 1 is 1.18 bits per heavy atom. The summed E-state index contributed by atoms with van der Waals surface area (Å²) in [5.41, 5.74) is 0. The highest BCUT2D eigenvalue weighted by Crippen LogP contribution is 2.42. The number of rotatable bonds is 3. The number of fused-ring (bicyclic) bond motifs is 1. The molecule has 8 heteroatoms. The van der Waals surface area contributed by atoms with Gasteiger partial charge in [-0.3, -0.25) is 4.79 Å². The fourth-order valence-electron chi connectivity index (χ4n) is 4.00. The molecule has 0 bridgehead atoms. The van der Waals surface area contributed by atoms with Gasteiger partial charge in [0.1, 0.15) is 6.04 Å². The Labute approximate surface area is 131 Å². The first-order valence-corrected chi connectivity index (χ1v) is 9.39. The number of carbonyl (C=O) groups is 1. The van der Waals surface area contributed by atoms with Crippen LogP contribution < -0.4 is 0 Å². The summed E-state index contributed by atoms with van der Waals surface area (Å²) in [4.78, 5) is 12.1. The van der Waals surface area contributed by atoms with E-state index in [1.807, 2.05) is 0 Å². The molecule has 0 aromatic carbocycles. The molecule has 22 heavy (non-hydrogen) atoms. The van der Waals surface area contributed by atoms with Crippen LogP contribution in [-0.2, 0) is 24.5 Å². The summed E-state index contributed by atoms with van der Waals surface area (Å²) in [7, 11) is -2.33. The van der Waals surface area contributed by atoms with Crippen LogP contribution in [0, 0.1) is 5.92 Å². The second kappa shape index (κ2) is 6.43. The molecular formula is C14H24N2O5S. The lowest BCUT2D eigenvalue weighted by Crippen LogP contribution is -2.54. The number of ether oxygens (including phenoxy) is 2. The van der Waals surface area contributed by atoms with Gasteiger partial charge >= 0.3 is 5.97 Å². The third-order valence-electron chi connectivity index (χ3n) is 5.07. The van der Waals surface area contributed by atoms with Crippen LogP contribution in [0.3, 0.4) is 0 Å². The van der Waals surface area contributed by atoms with E-state index in [4.69, 9.17) is 9.47 Å². The number of morpholine rings is 1. The van der Waals surface area contributed by atoms with Gasteiger partial charge in [0.15, 0.2) is 0 Å². The van der Waals surface area contributed by atoms with Crippen LogP contribution in [-0.4, -0.2) is 68.5 Å². The molecule has 3 atom stereocenters. The number of hydrogen-bond donors (Lipinski definition) is 0. The van der Waals surface area contributed by atoms with Crippen LogP contribution in [0.25, 0.3) is 0 Å². The van der Waals surface area contributed by atoms with Crippen molar-refractivity contribution in [1.29, 1.82) is 0 Å². The van der Waals surface area contributed by atoms with E-state index in [0.717, 1.165) is 25.7 Å². The number of nitrogens with zero attached hydrogens (tertiary/aromatic N) is 2. The van der Waals surface area contributed by atoms with Crippen LogP contribution in [0.15, 0.2) is 0 Å². The molecule has 2 aliphatic heterocycles. The summed E-state index contributed by atoms with van der Waals surface area (Å²) in [5.74, 6) is -0.167. The fraction of sp³-hybridized carbons (Fsp3) is 0.929. The lowest BCUT2D eigenvalue weighted by molar-refractivity contribution is -0.144. The van der Waals surface area contributed by atoms with Gasteiger partial charge in [0.2, 0.25) is 0 Å². The number of hydrogen-bond acceptors (Lipinski definition) is 5. The molecular weight excluding hydrogens is 308 g/mol. The Kier molecular flexibility index (Phi) is 4.72. The summed E-state index contributed by atoms with van der Waals surface area (Å²) in [6.45, 7) is 1.52. The molecule has 7 nitrogen and oxygen atoms in total. The predicted molar refractivity (Wildman–Crippen MR) is 79.3 cm³/mol. The van der Waals surface area contributed by atoms with Gasteiger partial charge in [0.25, 0.3) is 10.2 Å².